The number of nitro benzene ring substituents is 1. The minimum absolute atomic E-state index is 0.0283. The molecule has 0 spiro atoms. The maximum absolute atomic E-state index is 12.6. The molecule has 4 rings (SSSR count). The number of thiazole rings is 1. The quantitative estimate of drug-likeness (QED) is 0.340. The Balaban J connectivity index is 1.47. The zero-order valence-electron chi connectivity index (χ0n) is 15.6. The fourth-order valence-electron chi connectivity index (χ4n) is 3.37. The number of hydrogen-bond donors (Lipinski definition) is 0. The van der Waals surface area contributed by atoms with Crippen LogP contribution in [-0.4, -0.2) is 28.5 Å². The van der Waals surface area contributed by atoms with Crippen molar-refractivity contribution < 1.29 is 14.5 Å². The Labute approximate surface area is 171 Å². The zero-order chi connectivity index (χ0) is 20.2. The molecule has 0 amide bonds. The number of anilines is 1. The minimum Gasteiger partial charge on any atom is -0.459 e. The lowest BCUT2D eigenvalue weighted by Gasteiger charge is -2.22. The van der Waals surface area contributed by atoms with Gasteiger partial charge in [0.25, 0.3) is 5.69 Å². The molecule has 1 saturated heterocycles. The van der Waals surface area contributed by atoms with Crippen molar-refractivity contribution in [3.63, 3.8) is 0 Å². The van der Waals surface area contributed by atoms with Crippen molar-refractivity contribution in [3.05, 3.63) is 75.7 Å². The molecule has 1 fully saturated rings. The van der Waals surface area contributed by atoms with Crippen molar-refractivity contribution in [3.8, 4) is 11.3 Å². The number of hydrogen-bond acceptors (Lipinski definition) is 7. The molecule has 148 valence electrons. The Morgan fingerprint density at radius 2 is 2.07 bits per heavy atom. The van der Waals surface area contributed by atoms with Gasteiger partial charge in [-0.2, -0.15) is 0 Å². The summed E-state index contributed by atoms with van der Waals surface area (Å²) in [6, 6.07) is 15.6. The first kappa shape index (κ1) is 19.1. The number of carbonyl (C=O) groups excluding carboxylic acids is 1. The van der Waals surface area contributed by atoms with Crippen molar-refractivity contribution in [2.24, 2.45) is 0 Å². The third-order valence-corrected chi connectivity index (χ3v) is 5.72. The third kappa shape index (κ3) is 4.27. The summed E-state index contributed by atoms with van der Waals surface area (Å²) in [6.45, 7) is 0.980. The van der Waals surface area contributed by atoms with Crippen LogP contribution in [0.25, 0.3) is 11.3 Å². The molecule has 0 bridgehead atoms. The fraction of sp³-hybridized carbons (Fsp3) is 0.238. The van der Waals surface area contributed by atoms with E-state index in [1.165, 1.54) is 23.5 Å². The summed E-state index contributed by atoms with van der Waals surface area (Å²) < 4.78 is 5.52. The van der Waals surface area contributed by atoms with Crippen molar-refractivity contribution in [2.45, 2.75) is 25.5 Å². The molecule has 2 aromatic carbocycles. The van der Waals surface area contributed by atoms with Gasteiger partial charge in [-0.25, -0.2) is 9.78 Å². The molecule has 29 heavy (non-hydrogen) atoms. The highest BCUT2D eigenvalue weighted by Crippen LogP contribution is 2.33. The van der Waals surface area contributed by atoms with Crippen molar-refractivity contribution >= 4 is 28.1 Å². The lowest BCUT2D eigenvalue weighted by atomic mass is 10.1. The number of carbonyl (C=O) groups is 1. The van der Waals surface area contributed by atoms with Crippen LogP contribution in [-0.2, 0) is 16.1 Å². The highest BCUT2D eigenvalue weighted by molar-refractivity contribution is 7.14. The molecule has 0 N–H and O–H groups in total. The maximum atomic E-state index is 12.6. The van der Waals surface area contributed by atoms with Gasteiger partial charge >= 0.3 is 5.97 Å². The number of esters is 1. The second-order valence-corrected chi connectivity index (χ2v) is 7.60. The number of non-ortho nitro benzene ring substituents is 1. The summed E-state index contributed by atoms with van der Waals surface area (Å²) >= 11 is 1.43. The zero-order valence-corrected chi connectivity index (χ0v) is 16.4. The van der Waals surface area contributed by atoms with Crippen molar-refractivity contribution in [1.29, 1.82) is 0 Å². The van der Waals surface area contributed by atoms with Gasteiger partial charge in [0.15, 0.2) is 5.13 Å². The normalized spacial score (nSPS) is 16.0. The molecule has 2 heterocycles. The molecule has 1 atom stereocenters. The highest BCUT2D eigenvalue weighted by atomic mass is 32.1. The predicted octanol–water partition coefficient (Wildman–Crippen LogP) is 4.43. The summed E-state index contributed by atoms with van der Waals surface area (Å²) in [5.74, 6) is -0.251. The Kier molecular flexibility index (Phi) is 5.53. The lowest BCUT2D eigenvalue weighted by molar-refractivity contribution is -0.384. The van der Waals surface area contributed by atoms with Gasteiger partial charge in [0, 0.05) is 29.6 Å². The van der Waals surface area contributed by atoms with Crippen LogP contribution < -0.4 is 4.90 Å². The van der Waals surface area contributed by atoms with E-state index in [4.69, 9.17) is 4.74 Å². The second-order valence-electron chi connectivity index (χ2n) is 6.77. The molecule has 0 aliphatic carbocycles. The van der Waals surface area contributed by atoms with Crippen LogP contribution in [0.1, 0.15) is 18.4 Å². The molecular weight excluding hydrogens is 390 g/mol. The second kappa shape index (κ2) is 8.40. The Morgan fingerprint density at radius 1 is 1.24 bits per heavy atom. The summed E-state index contributed by atoms with van der Waals surface area (Å²) in [6.07, 6.45) is 1.61. The average molecular weight is 409 g/mol. The van der Waals surface area contributed by atoms with Gasteiger partial charge in [-0.15, -0.1) is 11.3 Å². The molecular formula is C21H19N3O4S. The van der Waals surface area contributed by atoms with E-state index in [1.807, 2.05) is 40.6 Å². The Bertz CT molecular complexity index is 1020. The summed E-state index contributed by atoms with van der Waals surface area (Å²) in [4.78, 5) is 29.8. The summed E-state index contributed by atoms with van der Waals surface area (Å²) in [5.41, 5.74) is 2.33. The SMILES string of the molecule is O=C(OCc1ccccc1)[C@@H]1CCCN1c1nc(-c2cccc([N+](=O)[O-])c2)cs1. The first-order valence-electron chi connectivity index (χ1n) is 9.29. The van der Waals surface area contributed by atoms with Crippen LogP contribution in [0.2, 0.25) is 0 Å². The highest BCUT2D eigenvalue weighted by Gasteiger charge is 2.34. The van der Waals surface area contributed by atoms with E-state index in [0.29, 0.717) is 11.3 Å². The number of ether oxygens (including phenoxy) is 1. The van der Waals surface area contributed by atoms with E-state index in [0.717, 1.165) is 30.1 Å². The first-order chi connectivity index (χ1) is 14.1. The Hall–Kier alpha value is -3.26. The van der Waals surface area contributed by atoms with Gasteiger partial charge < -0.3 is 9.64 Å². The van der Waals surface area contributed by atoms with Gasteiger partial charge in [0.2, 0.25) is 0 Å². The molecule has 8 heteroatoms. The average Bonchev–Trinajstić information content (AvgIpc) is 3.42. The monoisotopic (exact) mass is 409 g/mol. The Morgan fingerprint density at radius 3 is 2.86 bits per heavy atom. The molecule has 0 unspecified atom stereocenters. The topological polar surface area (TPSA) is 85.6 Å². The molecule has 1 aliphatic heterocycles. The van der Waals surface area contributed by atoms with Crippen LogP contribution in [0, 0.1) is 10.1 Å². The molecule has 7 nitrogen and oxygen atoms in total. The summed E-state index contributed by atoms with van der Waals surface area (Å²) in [7, 11) is 0. The smallest absolute Gasteiger partial charge is 0.329 e. The molecule has 3 aromatic rings. The van der Waals surface area contributed by atoms with Crippen LogP contribution in [0.5, 0.6) is 0 Å². The van der Waals surface area contributed by atoms with E-state index in [2.05, 4.69) is 4.98 Å². The number of nitro groups is 1. The number of rotatable bonds is 6. The van der Waals surface area contributed by atoms with Crippen LogP contribution in [0.15, 0.2) is 60.0 Å². The third-order valence-electron chi connectivity index (χ3n) is 4.84. The number of aromatic nitrogens is 1. The minimum atomic E-state index is -0.421. The number of nitrogens with zero attached hydrogens (tertiary/aromatic N) is 3. The van der Waals surface area contributed by atoms with Gasteiger partial charge in [0.1, 0.15) is 12.6 Å². The summed E-state index contributed by atoms with van der Waals surface area (Å²) in [5, 5.41) is 13.6. The van der Waals surface area contributed by atoms with Crippen LogP contribution in [0.4, 0.5) is 10.8 Å². The standard InChI is InChI=1S/C21H19N3O4S/c25-20(28-13-15-6-2-1-3-7-15)19-10-5-11-23(19)21-22-18(14-29-21)16-8-4-9-17(12-16)24(26)27/h1-4,6-9,12,14,19H,5,10-11,13H2/t19-/m0/s1. The lowest BCUT2D eigenvalue weighted by Crippen LogP contribution is -2.37. The first-order valence-corrected chi connectivity index (χ1v) is 10.2. The van der Waals surface area contributed by atoms with E-state index in [9.17, 15) is 14.9 Å². The molecule has 1 aliphatic rings. The molecule has 0 saturated carbocycles. The fourth-order valence-corrected chi connectivity index (χ4v) is 4.28. The van der Waals surface area contributed by atoms with Crippen molar-refractivity contribution in [1.82, 2.24) is 4.98 Å². The van der Waals surface area contributed by atoms with Gasteiger partial charge in [-0.1, -0.05) is 42.5 Å². The van der Waals surface area contributed by atoms with Gasteiger partial charge in [-0.3, -0.25) is 10.1 Å². The predicted molar refractivity (Wildman–Crippen MR) is 111 cm³/mol. The largest absolute Gasteiger partial charge is 0.459 e. The van der Waals surface area contributed by atoms with Gasteiger partial charge in [0.05, 0.1) is 10.6 Å². The molecule has 0 radical (unpaired) electrons. The van der Waals surface area contributed by atoms with Crippen LogP contribution >= 0.6 is 11.3 Å². The number of benzene rings is 2. The van der Waals surface area contributed by atoms with Gasteiger partial charge in [-0.05, 0) is 18.4 Å². The van der Waals surface area contributed by atoms with E-state index in [-0.39, 0.29) is 24.3 Å². The van der Waals surface area contributed by atoms with Crippen molar-refractivity contribution in [2.75, 3.05) is 11.4 Å². The van der Waals surface area contributed by atoms with Crippen LogP contribution in [0.3, 0.4) is 0 Å². The van der Waals surface area contributed by atoms with E-state index < -0.39 is 4.92 Å². The maximum Gasteiger partial charge on any atom is 0.329 e. The van der Waals surface area contributed by atoms with E-state index in [1.54, 1.807) is 12.1 Å². The van der Waals surface area contributed by atoms with E-state index >= 15 is 0 Å². The molecule has 1 aromatic heterocycles.